The fraction of sp³-hybridized carbons (Fsp3) is 0.692. The number of aromatic nitrogens is 1. The molecular formula is C13H25N2O+. The maximum atomic E-state index is 5.33. The molecule has 0 aromatic carbocycles. The average Bonchev–Trinajstić information content (AvgIpc) is 2.86. The van der Waals surface area contributed by atoms with Crippen LogP contribution < -0.4 is 0 Å². The van der Waals surface area contributed by atoms with Gasteiger partial charge in [-0.05, 0) is 18.6 Å². The minimum absolute atomic E-state index is 0.959. The number of quaternary nitrogens is 1. The van der Waals surface area contributed by atoms with Gasteiger partial charge in [0.05, 0.1) is 26.8 Å². The SMILES string of the molecule is CCCC[N+]1(C)CCOCC1.c1cc[nH]c1. The Morgan fingerprint density at radius 1 is 1.19 bits per heavy atom. The lowest BCUT2D eigenvalue weighted by atomic mass is 10.2. The molecule has 0 amide bonds. The lowest BCUT2D eigenvalue weighted by molar-refractivity contribution is -0.917. The largest absolute Gasteiger partial charge is 0.370 e. The molecule has 0 saturated carbocycles. The molecule has 2 heterocycles. The van der Waals surface area contributed by atoms with E-state index in [-0.39, 0.29) is 0 Å². The third-order valence-corrected chi connectivity index (χ3v) is 3.10. The molecule has 0 spiro atoms. The van der Waals surface area contributed by atoms with Gasteiger partial charge in [-0.1, -0.05) is 13.3 Å². The van der Waals surface area contributed by atoms with Crippen LogP contribution in [0.15, 0.2) is 24.5 Å². The number of hydrogen-bond donors (Lipinski definition) is 1. The van der Waals surface area contributed by atoms with Crippen LogP contribution in [0.4, 0.5) is 0 Å². The molecule has 1 aliphatic rings. The third kappa shape index (κ3) is 5.33. The Morgan fingerprint density at radius 3 is 2.25 bits per heavy atom. The maximum Gasteiger partial charge on any atom is 0.102 e. The quantitative estimate of drug-likeness (QED) is 0.784. The summed E-state index contributed by atoms with van der Waals surface area (Å²) >= 11 is 0. The summed E-state index contributed by atoms with van der Waals surface area (Å²) in [4.78, 5) is 2.86. The van der Waals surface area contributed by atoms with E-state index in [9.17, 15) is 0 Å². The molecule has 3 heteroatoms. The smallest absolute Gasteiger partial charge is 0.102 e. The molecule has 0 bridgehead atoms. The summed E-state index contributed by atoms with van der Waals surface area (Å²) in [5, 5.41) is 0. The fourth-order valence-electron chi connectivity index (χ4n) is 1.82. The van der Waals surface area contributed by atoms with E-state index in [1.165, 1.54) is 37.0 Å². The van der Waals surface area contributed by atoms with E-state index in [0.29, 0.717) is 0 Å². The second-order valence-corrected chi connectivity index (χ2v) is 4.64. The van der Waals surface area contributed by atoms with Crippen LogP contribution in [0.1, 0.15) is 19.8 Å². The summed E-state index contributed by atoms with van der Waals surface area (Å²) in [6, 6.07) is 3.89. The molecule has 16 heavy (non-hydrogen) atoms. The Kier molecular flexibility index (Phi) is 6.19. The molecule has 1 aromatic heterocycles. The number of likely N-dealkylation sites (N-methyl/N-ethyl adjacent to an activating group) is 1. The lowest BCUT2D eigenvalue weighted by Crippen LogP contribution is -2.52. The number of hydrogen-bond acceptors (Lipinski definition) is 1. The van der Waals surface area contributed by atoms with Gasteiger partial charge < -0.3 is 14.2 Å². The summed E-state index contributed by atoms with van der Waals surface area (Å²) in [5.74, 6) is 0. The second kappa shape index (κ2) is 7.47. The van der Waals surface area contributed by atoms with Crippen LogP contribution in [-0.2, 0) is 4.74 Å². The molecule has 0 unspecified atom stereocenters. The van der Waals surface area contributed by atoms with Crippen molar-refractivity contribution in [1.29, 1.82) is 0 Å². The van der Waals surface area contributed by atoms with Crippen molar-refractivity contribution in [2.75, 3.05) is 39.9 Å². The Morgan fingerprint density at radius 2 is 1.81 bits per heavy atom. The second-order valence-electron chi connectivity index (χ2n) is 4.64. The fourth-order valence-corrected chi connectivity index (χ4v) is 1.82. The van der Waals surface area contributed by atoms with Crippen LogP contribution in [0, 0.1) is 0 Å². The first-order valence-electron chi connectivity index (χ1n) is 6.26. The molecule has 1 fully saturated rings. The van der Waals surface area contributed by atoms with E-state index in [2.05, 4.69) is 19.0 Å². The van der Waals surface area contributed by atoms with Gasteiger partial charge in [-0.15, -0.1) is 0 Å². The number of ether oxygens (including phenoxy) is 1. The molecule has 0 aliphatic carbocycles. The predicted molar refractivity (Wildman–Crippen MR) is 67.3 cm³/mol. The zero-order valence-corrected chi connectivity index (χ0v) is 10.6. The van der Waals surface area contributed by atoms with E-state index < -0.39 is 0 Å². The van der Waals surface area contributed by atoms with Crippen molar-refractivity contribution in [3.05, 3.63) is 24.5 Å². The molecule has 1 aromatic rings. The van der Waals surface area contributed by atoms with Crippen LogP contribution in [0.2, 0.25) is 0 Å². The first-order chi connectivity index (χ1) is 7.77. The average molecular weight is 225 g/mol. The van der Waals surface area contributed by atoms with Gasteiger partial charge in [-0.25, -0.2) is 0 Å². The molecule has 0 radical (unpaired) electrons. The predicted octanol–water partition coefficient (Wildman–Crippen LogP) is 2.28. The van der Waals surface area contributed by atoms with Crippen LogP contribution in [0.25, 0.3) is 0 Å². The van der Waals surface area contributed by atoms with Crippen LogP contribution in [0.3, 0.4) is 0 Å². The summed E-state index contributed by atoms with van der Waals surface area (Å²) in [7, 11) is 2.35. The van der Waals surface area contributed by atoms with Gasteiger partial charge >= 0.3 is 0 Å². The van der Waals surface area contributed by atoms with E-state index >= 15 is 0 Å². The van der Waals surface area contributed by atoms with Gasteiger partial charge in [0.2, 0.25) is 0 Å². The van der Waals surface area contributed by atoms with E-state index in [1.807, 2.05) is 24.5 Å². The first kappa shape index (κ1) is 13.3. The van der Waals surface area contributed by atoms with Gasteiger partial charge in [0, 0.05) is 12.4 Å². The number of nitrogens with one attached hydrogen (secondary N) is 1. The standard InChI is InChI=1S/C9H20NO.C4H5N/c1-3-4-5-10(2)6-8-11-9-7-10;1-2-4-5-3-1/h3-9H2,1-2H3;1-5H/q+1;. The molecule has 1 saturated heterocycles. The zero-order chi connectivity index (χ0) is 11.7. The Hall–Kier alpha value is -0.800. The number of rotatable bonds is 3. The van der Waals surface area contributed by atoms with Crippen LogP contribution in [0.5, 0.6) is 0 Å². The highest BCUT2D eigenvalue weighted by atomic mass is 16.5. The van der Waals surface area contributed by atoms with Gasteiger partial charge in [-0.3, -0.25) is 0 Å². The van der Waals surface area contributed by atoms with Crippen molar-refractivity contribution < 1.29 is 9.22 Å². The van der Waals surface area contributed by atoms with Gasteiger partial charge in [-0.2, -0.15) is 0 Å². The monoisotopic (exact) mass is 225 g/mol. The molecule has 92 valence electrons. The molecular weight excluding hydrogens is 200 g/mol. The van der Waals surface area contributed by atoms with Crippen LogP contribution in [-0.4, -0.2) is 49.4 Å². The lowest BCUT2D eigenvalue weighted by Gasteiger charge is -2.37. The van der Waals surface area contributed by atoms with Crippen molar-refractivity contribution in [1.82, 2.24) is 4.98 Å². The van der Waals surface area contributed by atoms with Crippen molar-refractivity contribution in [3.63, 3.8) is 0 Å². The summed E-state index contributed by atoms with van der Waals surface area (Å²) < 4.78 is 6.56. The van der Waals surface area contributed by atoms with E-state index in [4.69, 9.17) is 4.74 Å². The first-order valence-corrected chi connectivity index (χ1v) is 6.26. The topological polar surface area (TPSA) is 25.0 Å². The Bertz CT molecular complexity index is 223. The van der Waals surface area contributed by atoms with Crippen molar-refractivity contribution >= 4 is 0 Å². The Labute approximate surface area is 99.0 Å². The number of unbranched alkanes of at least 4 members (excludes halogenated alkanes) is 1. The molecule has 2 rings (SSSR count). The Balaban J connectivity index is 0.000000212. The highest BCUT2D eigenvalue weighted by Crippen LogP contribution is 2.08. The molecule has 1 N–H and O–H groups in total. The van der Waals surface area contributed by atoms with Crippen molar-refractivity contribution in [3.8, 4) is 0 Å². The molecule has 0 atom stereocenters. The minimum atomic E-state index is 0.959. The number of aromatic amines is 1. The maximum absolute atomic E-state index is 5.33. The highest BCUT2D eigenvalue weighted by molar-refractivity contribution is 4.84. The number of morpholine rings is 1. The summed E-state index contributed by atoms with van der Waals surface area (Å²) in [6.07, 6.45) is 6.42. The number of nitrogens with zero attached hydrogens (tertiary/aromatic N) is 1. The summed E-state index contributed by atoms with van der Waals surface area (Å²) in [6.45, 7) is 7.92. The van der Waals surface area contributed by atoms with E-state index in [1.54, 1.807) is 0 Å². The minimum Gasteiger partial charge on any atom is -0.370 e. The summed E-state index contributed by atoms with van der Waals surface area (Å²) in [5.41, 5.74) is 0. The highest BCUT2D eigenvalue weighted by Gasteiger charge is 2.23. The van der Waals surface area contributed by atoms with Crippen molar-refractivity contribution in [2.45, 2.75) is 19.8 Å². The van der Waals surface area contributed by atoms with Crippen LogP contribution >= 0.6 is 0 Å². The zero-order valence-electron chi connectivity index (χ0n) is 10.6. The third-order valence-electron chi connectivity index (χ3n) is 3.10. The van der Waals surface area contributed by atoms with E-state index in [0.717, 1.165) is 13.2 Å². The normalized spacial score (nSPS) is 18.6. The van der Waals surface area contributed by atoms with Gasteiger partial charge in [0.1, 0.15) is 13.1 Å². The van der Waals surface area contributed by atoms with Crippen molar-refractivity contribution in [2.24, 2.45) is 0 Å². The van der Waals surface area contributed by atoms with Gasteiger partial charge in [0.25, 0.3) is 0 Å². The molecule has 3 nitrogen and oxygen atoms in total. The molecule has 1 aliphatic heterocycles. The number of H-pyrrole nitrogens is 1. The van der Waals surface area contributed by atoms with Gasteiger partial charge in [0.15, 0.2) is 0 Å².